The highest BCUT2D eigenvalue weighted by molar-refractivity contribution is 6.03. The van der Waals surface area contributed by atoms with Gasteiger partial charge in [-0.05, 0) is 31.2 Å². The van der Waals surface area contributed by atoms with Crippen LogP contribution in [0.4, 0.5) is 10.1 Å². The summed E-state index contributed by atoms with van der Waals surface area (Å²) in [5.41, 5.74) is 2.43. The molecule has 1 amide bonds. The first-order chi connectivity index (χ1) is 11.1. The van der Waals surface area contributed by atoms with Crippen LogP contribution in [0.2, 0.25) is 0 Å². The Morgan fingerprint density at radius 1 is 1.09 bits per heavy atom. The fourth-order valence-electron chi connectivity index (χ4n) is 2.16. The molecule has 4 nitrogen and oxygen atoms in total. The summed E-state index contributed by atoms with van der Waals surface area (Å²) in [6, 6.07) is 15.1. The third kappa shape index (κ3) is 3.40. The lowest BCUT2D eigenvalue weighted by Gasteiger charge is -2.08. The van der Waals surface area contributed by atoms with E-state index in [0.717, 1.165) is 0 Å². The van der Waals surface area contributed by atoms with Gasteiger partial charge in [-0.3, -0.25) is 9.78 Å². The maximum absolute atomic E-state index is 13.4. The van der Waals surface area contributed by atoms with Crippen molar-refractivity contribution in [3.8, 4) is 11.3 Å². The number of para-hydroxylation sites is 1. The Kier molecular flexibility index (Phi) is 4.10. The third-order valence-corrected chi connectivity index (χ3v) is 3.32. The Bertz CT molecular complexity index is 850. The van der Waals surface area contributed by atoms with Crippen molar-refractivity contribution in [3.63, 3.8) is 0 Å². The van der Waals surface area contributed by atoms with Crippen LogP contribution in [0, 0.1) is 12.7 Å². The van der Waals surface area contributed by atoms with E-state index < -0.39 is 0 Å². The van der Waals surface area contributed by atoms with Gasteiger partial charge < -0.3 is 5.32 Å². The summed E-state index contributed by atoms with van der Waals surface area (Å²) in [5.74, 6) is -0.709. The average molecular weight is 307 g/mol. The molecule has 0 spiro atoms. The van der Waals surface area contributed by atoms with Gasteiger partial charge in [0.1, 0.15) is 11.5 Å². The van der Waals surface area contributed by atoms with Crippen LogP contribution in [0.25, 0.3) is 11.3 Å². The standard InChI is InChI=1S/C18H14FN3O/c1-12-17(18(23)21-15-8-3-2-4-9-15)22-16(11-20-12)13-6-5-7-14(19)10-13/h2-11H,1H3,(H,21,23). The molecule has 1 N–H and O–H groups in total. The fourth-order valence-corrected chi connectivity index (χ4v) is 2.16. The number of hydrogen-bond acceptors (Lipinski definition) is 3. The van der Waals surface area contributed by atoms with E-state index >= 15 is 0 Å². The number of rotatable bonds is 3. The molecule has 2 aromatic carbocycles. The minimum atomic E-state index is -0.361. The maximum atomic E-state index is 13.4. The number of anilines is 1. The van der Waals surface area contributed by atoms with E-state index in [1.54, 1.807) is 31.2 Å². The van der Waals surface area contributed by atoms with Crippen LogP contribution in [0.5, 0.6) is 0 Å². The number of hydrogen-bond donors (Lipinski definition) is 1. The molecule has 5 heteroatoms. The zero-order chi connectivity index (χ0) is 16.2. The number of halogens is 1. The molecule has 23 heavy (non-hydrogen) atoms. The van der Waals surface area contributed by atoms with Gasteiger partial charge in [-0.1, -0.05) is 30.3 Å². The number of amides is 1. The van der Waals surface area contributed by atoms with Gasteiger partial charge in [0, 0.05) is 11.3 Å². The molecular formula is C18H14FN3O. The second kappa shape index (κ2) is 6.36. The number of nitrogens with one attached hydrogen (secondary N) is 1. The molecule has 0 fully saturated rings. The lowest BCUT2D eigenvalue weighted by atomic mass is 10.1. The fraction of sp³-hybridized carbons (Fsp3) is 0.0556. The van der Waals surface area contributed by atoms with Crippen molar-refractivity contribution in [2.75, 3.05) is 5.32 Å². The van der Waals surface area contributed by atoms with E-state index in [1.165, 1.54) is 18.3 Å². The van der Waals surface area contributed by atoms with Crippen LogP contribution in [0.1, 0.15) is 16.2 Å². The molecule has 0 saturated heterocycles. The van der Waals surface area contributed by atoms with Crippen LogP contribution in [0.3, 0.4) is 0 Å². The highest BCUT2D eigenvalue weighted by Crippen LogP contribution is 2.19. The number of aryl methyl sites for hydroxylation is 1. The quantitative estimate of drug-likeness (QED) is 0.799. The molecule has 0 radical (unpaired) electrons. The Labute approximate surface area is 133 Å². The van der Waals surface area contributed by atoms with E-state index in [-0.39, 0.29) is 17.4 Å². The molecule has 0 bridgehead atoms. The summed E-state index contributed by atoms with van der Waals surface area (Å²) in [7, 11) is 0. The summed E-state index contributed by atoms with van der Waals surface area (Å²) in [5, 5.41) is 2.77. The Morgan fingerprint density at radius 3 is 2.61 bits per heavy atom. The number of carbonyl (C=O) groups is 1. The van der Waals surface area contributed by atoms with Crippen LogP contribution in [-0.4, -0.2) is 15.9 Å². The van der Waals surface area contributed by atoms with Crippen LogP contribution >= 0.6 is 0 Å². The Hall–Kier alpha value is -3.08. The van der Waals surface area contributed by atoms with Crippen molar-refractivity contribution in [1.82, 2.24) is 9.97 Å². The predicted molar refractivity (Wildman–Crippen MR) is 86.6 cm³/mol. The monoisotopic (exact) mass is 307 g/mol. The molecule has 3 aromatic rings. The largest absolute Gasteiger partial charge is 0.321 e. The average Bonchev–Trinajstić information content (AvgIpc) is 2.56. The topological polar surface area (TPSA) is 54.9 Å². The minimum absolute atomic E-state index is 0.218. The van der Waals surface area contributed by atoms with Gasteiger partial charge >= 0.3 is 0 Å². The number of aromatic nitrogens is 2. The number of benzene rings is 2. The van der Waals surface area contributed by atoms with Crippen LogP contribution < -0.4 is 5.32 Å². The van der Waals surface area contributed by atoms with Gasteiger partial charge in [-0.25, -0.2) is 9.37 Å². The Balaban J connectivity index is 1.93. The van der Waals surface area contributed by atoms with Crippen LogP contribution in [0.15, 0.2) is 60.8 Å². The van der Waals surface area contributed by atoms with Crippen molar-refractivity contribution in [2.45, 2.75) is 6.92 Å². The molecular weight excluding hydrogens is 293 g/mol. The van der Waals surface area contributed by atoms with E-state index in [0.29, 0.717) is 22.6 Å². The second-order valence-electron chi connectivity index (χ2n) is 5.02. The molecule has 0 aliphatic heterocycles. The lowest BCUT2D eigenvalue weighted by molar-refractivity contribution is 0.102. The molecule has 3 rings (SSSR count). The second-order valence-corrected chi connectivity index (χ2v) is 5.02. The first-order valence-electron chi connectivity index (χ1n) is 7.09. The van der Waals surface area contributed by atoms with Crippen molar-refractivity contribution >= 4 is 11.6 Å². The zero-order valence-corrected chi connectivity index (χ0v) is 12.5. The third-order valence-electron chi connectivity index (χ3n) is 3.32. The Morgan fingerprint density at radius 2 is 1.87 bits per heavy atom. The predicted octanol–water partition coefficient (Wildman–Crippen LogP) is 3.84. The van der Waals surface area contributed by atoms with Gasteiger partial charge in [0.15, 0.2) is 0 Å². The molecule has 0 unspecified atom stereocenters. The molecule has 114 valence electrons. The molecule has 0 atom stereocenters. The van der Waals surface area contributed by atoms with E-state index in [2.05, 4.69) is 15.3 Å². The van der Waals surface area contributed by atoms with Gasteiger partial charge in [0.2, 0.25) is 0 Å². The zero-order valence-electron chi connectivity index (χ0n) is 12.5. The molecule has 0 aliphatic rings. The molecule has 1 heterocycles. The highest BCUT2D eigenvalue weighted by Gasteiger charge is 2.14. The smallest absolute Gasteiger partial charge is 0.276 e. The number of carbonyl (C=O) groups excluding carboxylic acids is 1. The van der Waals surface area contributed by atoms with Crippen molar-refractivity contribution < 1.29 is 9.18 Å². The summed E-state index contributed by atoms with van der Waals surface area (Å²) < 4.78 is 13.4. The normalized spacial score (nSPS) is 10.3. The molecule has 0 saturated carbocycles. The van der Waals surface area contributed by atoms with E-state index in [1.807, 2.05) is 18.2 Å². The van der Waals surface area contributed by atoms with Crippen molar-refractivity contribution in [2.24, 2.45) is 0 Å². The summed E-state index contributed by atoms with van der Waals surface area (Å²) in [6.07, 6.45) is 1.53. The number of nitrogens with zero attached hydrogens (tertiary/aromatic N) is 2. The molecule has 1 aromatic heterocycles. The lowest BCUT2D eigenvalue weighted by Crippen LogP contribution is -2.16. The summed E-state index contributed by atoms with van der Waals surface area (Å²) >= 11 is 0. The van der Waals surface area contributed by atoms with E-state index in [9.17, 15) is 9.18 Å². The summed E-state index contributed by atoms with van der Waals surface area (Å²) in [6.45, 7) is 1.71. The van der Waals surface area contributed by atoms with E-state index in [4.69, 9.17) is 0 Å². The first kappa shape index (κ1) is 14.8. The van der Waals surface area contributed by atoms with Crippen LogP contribution in [-0.2, 0) is 0 Å². The van der Waals surface area contributed by atoms with Gasteiger partial charge in [0.25, 0.3) is 5.91 Å². The first-order valence-corrected chi connectivity index (χ1v) is 7.09. The summed E-state index contributed by atoms with van der Waals surface area (Å²) in [4.78, 5) is 20.9. The molecule has 0 aliphatic carbocycles. The van der Waals surface area contributed by atoms with Crippen molar-refractivity contribution in [1.29, 1.82) is 0 Å². The van der Waals surface area contributed by atoms with Gasteiger partial charge in [-0.15, -0.1) is 0 Å². The van der Waals surface area contributed by atoms with Gasteiger partial charge in [-0.2, -0.15) is 0 Å². The van der Waals surface area contributed by atoms with Gasteiger partial charge in [0.05, 0.1) is 17.6 Å². The highest BCUT2D eigenvalue weighted by atomic mass is 19.1. The van der Waals surface area contributed by atoms with Crippen molar-refractivity contribution in [3.05, 3.63) is 78.0 Å². The maximum Gasteiger partial charge on any atom is 0.276 e. The minimum Gasteiger partial charge on any atom is -0.321 e. The SMILES string of the molecule is Cc1ncc(-c2cccc(F)c2)nc1C(=O)Nc1ccccc1.